The number of esters is 1. The maximum Gasteiger partial charge on any atom is 0.310 e. The lowest BCUT2D eigenvalue weighted by molar-refractivity contribution is -0.154. The minimum atomic E-state index is -0.856. The number of aryl methyl sites for hydroxylation is 2. The van der Waals surface area contributed by atoms with Gasteiger partial charge < -0.3 is 20.1 Å². The zero-order chi connectivity index (χ0) is 26.5. The summed E-state index contributed by atoms with van der Waals surface area (Å²) in [4.78, 5) is 43.3. The Morgan fingerprint density at radius 2 is 1.84 bits per heavy atom. The summed E-state index contributed by atoms with van der Waals surface area (Å²) in [6.07, 6.45) is 0.730. The fourth-order valence-electron chi connectivity index (χ4n) is 6.83. The van der Waals surface area contributed by atoms with Crippen molar-refractivity contribution in [3.63, 3.8) is 0 Å². The first kappa shape index (κ1) is 25.8. The van der Waals surface area contributed by atoms with E-state index in [0.717, 1.165) is 28.8 Å². The summed E-state index contributed by atoms with van der Waals surface area (Å²) < 4.78 is 4.63. The van der Waals surface area contributed by atoms with Crippen LogP contribution in [0.4, 0.5) is 5.69 Å². The molecule has 0 saturated carbocycles. The summed E-state index contributed by atoms with van der Waals surface area (Å²) >= 11 is 1.60. The SMILES string of the molecule is CCOC(=O)[C@@H]1[C@H]2C(=O)N([C@H](CO)c3ccccc3)C(C(=O)Nc3c(C)cccc3C)C23S[C@@H]1CC3C. The minimum Gasteiger partial charge on any atom is -0.466 e. The predicted octanol–water partition coefficient (Wildman–Crippen LogP) is 3.88. The topological polar surface area (TPSA) is 95.9 Å². The van der Waals surface area contributed by atoms with Crippen molar-refractivity contribution < 1.29 is 24.2 Å². The van der Waals surface area contributed by atoms with Gasteiger partial charge in [0.1, 0.15) is 6.04 Å². The molecule has 1 spiro atoms. The minimum absolute atomic E-state index is 0.0240. The fraction of sp³-hybridized carbons (Fsp3) is 0.483. The summed E-state index contributed by atoms with van der Waals surface area (Å²) in [6, 6.07) is 13.6. The quantitative estimate of drug-likeness (QED) is 0.536. The molecule has 2 aromatic carbocycles. The van der Waals surface area contributed by atoms with E-state index in [9.17, 15) is 19.5 Å². The van der Waals surface area contributed by atoms with Gasteiger partial charge >= 0.3 is 5.97 Å². The molecule has 3 aliphatic heterocycles. The normalized spacial score (nSPS) is 30.8. The molecular formula is C29H34N2O5S. The highest BCUT2D eigenvalue weighted by Gasteiger charge is 2.77. The van der Waals surface area contributed by atoms with Crippen LogP contribution in [0.25, 0.3) is 0 Å². The van der Waals surface area contributed by atoms with Crippen LogP contribution in [0.15, 0.2) is 48.5 Å². The second kappa shape index (κ2) is 9.80. The molecule has 3 unspecified atom stereocenters. The zero-order valence-electron chi connectivity index (χ0n) is 21.6. The highest BCUT2D eigenvalue weighted by Crippen LogP contribution is 2.69. The number of nitrogens with zero attached hydrogens (tertiary/aromatic N) is 1. The Labute approximate surface area is 222 Å². The highest BCUT2D eigenvalue weighted by molar-refractivity contribution is 8.02. The van der Waals surface area contributed by atoms with Crippen LogP contribution >= 0.6 is 11.8 Å². The van der Waals surface area contributed by atoms with Gasteiger partial charge in [0.15, 0.2) is 0 Å². The molecule has 3 fully saturated rings. The smallest absolute Gasteiger partial charge is 0.310 e. The summed E-state index contributed by atoms with van der Waals surface area (Å²) in [5.41, 5.74) is 3.34. The molecule has 2 N–H and O–H groups in total. The number of benzene rings is 2. The number of nitrogens with one attached hydrogen (secondary N) is 1. The molecule has 3 aliphatic rings. The molecule has 5 rings (SSSR count). The van der Waals surface area contributed by atoms with Gasteiger partial charge in [0, 0.05) is 10.9 Å². The zero-order valence-corrected chi connectivity index (χ0v) is 22.5. The number of para-hydroxylation sites is 1. The number of aliphatic hydroxyl groups excluding tert-OH is 1. The Morgan fingerprint density at radius 3 is 2.46 bits per heavy atom. The van der Waals surface area contributed by atoms with Gasteiger partial charge in [-0.1, -0.05) is 55.5 Å². The Hall–Kier alpha value is -2.84. The van der Waals surface area contributed by atoms with Gasteiger partial charge in [0.05, 0.1) is 35.8 Å². The number of fused-ring (bicyclic) bond motifs is 1. The monoisotopic (exact) mass is 522 g/mol. The molecule has 7 atom stereocenters. The average molecular weight is 523 g/mol. The van der Waals surface area contributed by atoms with E-state index in [1.165, 1.54) is 0 Å². The van der Waals surface area contributed by atoms with Gasteiger partial charge in [-0.15, -0.1) is 11.8 Å². The third kappa shape index (κ3) is 3.87. The standard InChI is InChI=1S/C29H34N2O5S/c1-5-36-28(35)22-21-14-18(4)29(37-21)23(22)27(34)31(20(15-32)19-12-7-6-8-13-19)25(29)26(33)30-24-16(2)10-9-11-17(24)3/h6-13,18,20-23,25,32H,5,14-15H2,1-4H3,(H,30,33)/t18?,20-,21-,22+,23+,25?,29?/m1/s1. The van der Waals surface area contributed by atoms with Crippen LogP contribution in [0.1, 0.15) is 43.0 Å². The van der Waals surface area contributed by atoms with E-state index in [4.69, 9.17) is 4.74 Å². The van der Waals surface area contributed by atoms with E-state index in [2.05, 4.69) is 12.2 Å². The molecule has 8 heteroatoms. The Balaban J connectivity index is 1.64. The molecule has 0 aromatic heterocycles. The van der Waals surface area contributed by atoms with Crippen molar-refractivity contribution in [1.29, 1.82) is 0 Å². The van der Waals surface area contributed by atoms with E-state index in [1.807, 2.05) is 62.4 Å². The number of thioether (sulfide) groups is 1. The van der Waals surface area contributed by atoms with Gasteiger partial charge in [0.25, 0.3) is 0 Å². The van der Waals surface area contributed by atoms with Crippen molar-refractivity contribution >= 4 is 35.2 Å². The molecule has 2 bridgehead atoms. The van der Waals surface area contributed by atoms with Crippen LogP contribution in [0, 0.1) is 31.6 Å². The van der Waals surface area contributed by atoms with Crippen molar-refractivity contribution in [2.45, 2.75) is 56.2 Å². The van der Waals surface area contributed by atoms with Gasteiger partial charge in [-0.05, 0) is 49.8 Å². The number of likely N-dealkylation sites (tertiary alicyclic amines) is 1. The van der Waals surface area contributed by atoms with Crippen LogP contribution in [-0.2, 0) is 19.1 Å². The molecule has 3 saturated heterocycles. The van der Waals surface area contributed by atoms with E-state index < -0.39 is 28.7 Å². The molecule has 2 amide bonds. The third-order valence-corrected chi connectivity index (χ3v) is 10.5. The first-order chi connectivity index (χ1) is 17.8. The molecule has 3 heterocycles. The summed E-state index contributed by atoms with van der Waals surface area (Å²) in [5.74, 6) is -2.18. The molecule has 2 aromatic rings. The van der Waals surface area contributed by atoms with Crippen LogP contribution < -0.4 is 5.32 Å². The highest BCUT2D eigenvalue weighted by atomic mass is 32.2. The lowest BCUT2D eigenvalue weighted by Gasteiger charge is -2.40. The van der Waals surface area contributed by atoms with Crippen molar-refractivity contribution in [3.05, 3.63) is 65.2 Å². The second-order valence-electron chi connectivity index (χ2n) is 10.4. The molecule has 196 valence electrons. The molecule has 7 nitrogen and oxygen atoms in total. The van der Waals surface area contributed by atoms with E-state index >= 15 is 0 Å². The van der Waals surface area contributed by atoms with Gasteiger partial charge in [0.2, 0.25) is 11.8 Å². The summed E-state index contributed by atoms with van der Waals surface area (Å²) in [5, 5.41) is 13.6. The van der Waals surface area contributed by atoms with Crippen LogP contribution in [0.2, 0.25) is 0 Å². The van der Waals surface area contributed by atoms with Gasteiger partial charge in [-0.3, -0.25) is 14.4 Å². The average Bonchev–Trinajstić information content (AvgIpc) is 3.47. The molecule has 0 radical (unpaired) electrons. The summed E-state index contributed by atoms with van der Waals surface area (Å²) in [7, 11) is 0. The maximum atomic E-state index is 14.3. The van der Waals surface area contributed by atoms with Crippen LogP contribution in [-0.4, -0.2) is 57.0 Å². The fourth-order valence-corrected chi connectivity index (χ4v) is 9.23. The number of hydrogen-bond acceptors (Lipinski definition) is 6. The van der Waals surface area contributed by atoms with E-state index in [1.54, 1.807) is 23.6 Å². The number of rotatable bonds is 7. The lowest BCUT2D eigenvalue weighted by Crippen LogP contribution is -2.55. The number of amides is 2. The Morgan fingerprint density at radius 1 is 1.16 bits per heavy atom. The molecular weight excluding hydrogens is 488 g/mol. The Kier molecular flexibility index (Phi) is 6.83. The number of aliphatic hydroxyl groups is 1. The van der Waals surface area contributed by atoms with Crippen LogP contribution in [0.3, 0.4) is 0 Å². The maximum absolute atomic E-state index is 14.3. The van der Waals surface area contributed by atoms with Crippen molar-refractivity contribution in [3.8, 4) is 0 Å². The predicted molar refractivity (Wildman–Crippen MR) is 143 cm³/mol. The number of ether oxygens (including phenoxy) is 1. The van der Waals surface area contributed by atoms with Crippen LogP contribution in [0.5, 0.6) is 0 Å². The number of hydrogen-bond donors (Lipinski definition) is 2. The van der Waals surface area contributed by atoms with E-state index in [0.29, 0.717) is 0 Å². The summed E-state index contributed by atoms with van der Waals surface area (Å²) in [6.45, 7) is 7.62. The Bertz CT molecular complexity index is 1200. The lowest BCUT2D eigenvalue weighted by atomic mass is 9.66. The number of carbonyl (C=O) groups excluding carboxylic acids is 3. The van der Waals surface area contributed by atoms with Crippen molar-refractivity contribution in [2.75, 3.05) is 18.5 Å². The second-order valence-corrected chi connectivity index (χ2v) is 12.0. The third-order valence-electron chi connectivity index (χ3n) is 8.41. The first-order valence-corrected chi connectivity index (χ1v) is 13.8. The first-order valence-electron chi connectivity index (χ1n) is 13.0. The molecule has 37 heavy (non-hydrogen) atoms. The van der Waals surface area contributed by atoms with Crippen molar-refractivity contribution in [2.24, 2.45) is 17.8 Å². The van der Waals surface area contributed by atoms with Gasteiger partial charge in [-0.25, -0.2) is 0 Å². The largest absolute Gasteiger partial charge is 0.466 e. The van der Waals surface area contributed by atoms with Gasteiger partial charge in [-0.2, -0.15) is 0 Å². The number of anilines is 1. The van der Waals surface area contributed by atoms with Crippen molar-refractivity contribution in [1.82, 2.24) is 4.90 Å². The van der Waals surface area contributed by atoms with E-state index in [-0.39, 0.29) is 42.2 Å². The molecule has 0 aliphatic carbocycles. The number of carbonyl (C=O) groups is 3.